The van der Waals surface area contributed by atoms with Gasteiger partial charge in [-0.05, 0) is 78.5 Å². The maximum Gasteiger partial charge on any atom is 0.119 e. The first kappa shape index (κ1) is 12.5. The third kappa shape index (κ3) is 1.68. The first-order valence-electron chi connectivity index (χ1n) is 8.05. The molecular formula is C19H24O. The average Bonchev–Trinajstić information content (AvgIpc) is 2.88. The Bertz CT molecular complexity index is 559. The van der Waals surface area contributed by atoms with Gasteiger partial charge >= 0.3 is 0 Å². The molecule has 0 N–H and O–H groups in total. The van der Waals surface area contributed by atoms with Crippen LogP contribution in [0.15, 0.2) is 30.4 Å². The molecule has 0 radical (unpaired) electrons. The number of hydrogen-bond donors (Lipinski definition) is 0. The Morgan fingerprint density at radius 3 is 3.00 bits per heavy atom. The van der Waals surface area contributed by atoms with Crippen molar-refractivity contribution in [2.75, 3.05) is 7.11 Å². The van der Waals surface area contributed by atoms with Crippen LogP contribution in [0.2, 0.25) is 0 Å². The predicted molar refractivity (Wildman–Crippen MR) is 82.1 cm³/mol. The van der Waals surface area contributed by atoms with E-state index in [9.17, 15) is 0 Å². The van der Waals surface area contributed by atoms with Gasteiger partial charge in [0.15, 0.2) is 0 Å². The van der Waals surface area contributed by atoms with Gasteiger partial charge < -0.3 is 4.74 Å². The second-order valence-electron chi connectivity index (χ2n) is 7.22. The van der Waals surface area contributed by atoms with Crippen LogP contribution >= 0.6 is 0 Å². The Hall–Kier alpha value is -1.24. The monoisotopic (exact) mass is 268 g/mol. The topological polar surface area (TPSA) is 9.23 Å². The molecule has 1 aromatic rings. The molecule has 1 heteroatoms. The van der Waals surface area contributed by atoms with Gasteiger partial charge in [0.1, 0.15) is 5.75 Å². The fraction of sp³-hybridized carbons (Fsp3) is 0.579. The lowest BCUT2D eigenvalue weighted by Gasteiger charge is -2.49. The van der Waals surface area contributed by atoms with E-state index in [1.165, 1.54) is 37.7 Å². The Kier molecular flexibility index (Phi) is 2.73. The van der Waals surface area contributed by atoms with E-state index in [4.69, 9.17) is 4.74 Å². The van der Waals surface area contributed by atoms with Gasteiger partial charge in [-0.2, -0.15) is 0 Å². The third-order valence-corrected chi connectivity index (χ3v) is 6.23. The number of fused-ring (bicyclic) bond motifs is 5. The zero-order valence-electron chi connectivity index (χ0n) is 12.6. The molecule has 0 heterocycles. The molecule has 0 aliphatic heterocycles. The Balaban J connectivity index is 1.71. The van der Waals surface area contributed by atoms with Crippen molar-refractivity contribution in [1.29, 1.82) is 0 Å². The number of rotatable bonds is 1. The largest absolute Gasteiger partial charge is 0.497 e. The number of ether oxygens (including phenoxy) is 1. The molecule has 20 heavy (non-hydrogen) atoms. The van der Waals surface area contributed by atoms with E-state index < -0.39 is 0 Å². The van der Waals surface area contributed by atoms with Gasteiger partial charge in [0.2, 0.25) is 0 Å². The fourth-order valence-corrected chi connectivity index (χ4v) is 5.11. The summed E-state index contributed by atoms with van der Waals surface area (Å²) in [5.74, 6) is 3.49. The summed E-state index contributed by atoms with van der Waals surface area (Å²) in [6.45, 7) is 2.51. The molecule has 0 spiro atoms. The van der Waals surface area contributed by atoms with E-state index in [1.54, 1.807) is 12.7 Å². The van der Waals surface area contributed by atoms with Crippen molar-refractivity contribution in [2.45, 2.75) is 44.9 Å². The van der Waals surface area contributed by atoms with Crippen molar-refractivity contribution < 1.29 is 4.74 Å². The lowest BCUT2D eigenvalue weighted by molar-refractivity contribution is 0.0787. The number of aryl methyl sites for hydroxylation is 1. The molecule has 0 unspecified atom stereocenters. The molecule has 1 nitrogen and oxygen atoms in total. The van der Waals surface area contributed by atoms with E-state index in [0.717, 1.165) is 23.5 Å². The molecular weight excluding hydrogens is 244 g/mol. The standard InChI is InChI=1S/C19H24O/c1-19-10-3-4-18(19)17-7-5-13-12-14(20-2)6-8-15(13)16(17)9-11-19/h3-4,6,8,12,16-18H,5,7,9-11H2,1-2H3/t16-,17-,18+,19+/m1/s1. The molecule has 1 saturated carbocycles. The minimum atomic E-state index is 0.561. The van der Waals surface area contributed by atoms with Gasteiger partial charge in [0, 0.05) is 0 Å². The molecule has 106 valence electrons. The molecule has 0 saturated heterocycles. The van der Waals surface area contributed by atoms with Crippen LogP contribution in [-0.2, 0) is 6.42 Å². The van der Waals surface area contributed by atoms with Crippen molar-refractivity contribution in [2.24, 2.45) is 17.3 Å². The smallest absolute Gasteiger partial charge is 0.119 e. The van der Waals surface area contributed by atoms with Crippen LogP contribution in [0.25, 0.3) is 0 Å². The van der Waals surface area contributed by atoms with Crippen molar-refractivity contribution >= 4 is 0 Å². The first-order valence-corrected chi connectivity index (χ1v) is 8.05. The summed E-state index contributed by atoms with van der Waals surface area (Å²) < 4.78 is 5.39. The Morgan fingerprint density at radius 2 is 2.15 bits per heavy atom. The second kappa shape index (κ2) is 4.38. The molecule has 0 bridgehead atoms. The first-order chi connectivity index (χ1) is 9.71. The molecule has 4 rings (SSSR count). The highest BCUT2D eigenvalue weighted by atomic mass is 16.5. The van der Waals surface area contributed by atoms with Gasteiger partial charge in [0.05, 0.1) is 7.11 Å². The SMILES string of the molecule is COc1ccc2c(c1)CC[C@@H]1[C@@H]2CC[C@]2(C)CC=C[C@@H]12. The van der Waals surface area contributed by atoms with Crippen LogP contribution in [0.4, 0.5) is 0 Å². The highest BCUT2D eigenvalue weighted by Crippen LogP contribution is 2.58. The minimum Gasteiger partial charge on any atom is -0.497 e. The van der Waals surface area contributed by atoms with E-state index in [-0.39, 0.29) is 0 Å². The predicted octanol–water partition coefficient (Wildman–Crippen LogP) is 4.72. The molecule has 4 atom stereocenters. The third-order valence-electron chi connectivity index (χ3n) is 6.23. The average molecular weight is 268 g/mol. The molecule has 3 aliphatic rings. The maximum absolute atomic E-state index is 5.39. The summed E-state index contributed by atoms with van der Waals surface area (Å²) in [5.41, 5.74) is 3.71. The minimum absolute atomic E-state index is 0.561. The lowest BCUT2D eigenvalue weighted by atomic mass is 9.56. The number of hydrogen-bond acceptors (Lipinski definition) is 1. The van der Waals surface area contributed by atoms with Crippen molar-refractivity contribution in [3.05, 3.63) is 41.5 Å². The maximum atomic E-state index is 5.39. The normalized spacial score (nSPS) is 38.0. The van der Waals surface area contributed by atoms with Gasteiger partial charge in [-0.1, -0.05) is 25.1 Å². The molecule has 0 amide bonds. The summed E-state index contributed by atoms with van der Waals surface area (Å²) in [6, 6.07) is 6.76. The van der Waals surface area contributed by atoms with Crippen molar-refractivity contribution in [3.8, 4) is 5.75 Å². The van der Waals surface area contributed by atoms with E-state index >= 15 is 0 Å². The molecule has 3 aliphatic carbocycles. The Morgan fingerprint density at radius 1 is 1.25 bits per heavy atom. The lowest BCUT2D eigenvalue weighted by Crippen LogP contribution is -2.39. The van der Waals surface area contributed by atoms with Crippen molar-refractivity contribution in [1.82, 2.24) is 0 Å². The van der Waals surface area contributed by atoms with E-state index in [0.29, 0.717) is 5.41 Å². The molecule has 1 fully saturated rings. The molecule has 0 aromatic heterocycles. The highest BCUT2D eigenvalue weighted by Gasteiger charge is 2.48. The Labute approximate surface area is 122 Å². The van der Waals surface area contributed by atoms with E-state index in [2.05, 4.69) is 37.3 Å². The number of allylic oxidation sites excluding steroid dienone is 2. The van der Waals surface area contributed by atoms with Crippen LogP contribution in [0.3, 0.4) is 0 Å². The zero-order valence-corrected chi connectivity index (χ0v) is 12.6. The summed E-state index contributed by atoms with van der Waals surface area (Å²) >= 11 is 0. The van der Waals surface area contributed by atoms with Gasteiger partial charge in [-0.15, -0.1) is 0 Å². The van der Waals surface area contributed by atoms with Gasteiger partial charge in [0.25, 0.3) is 0 Å². The summed E-state index contributed by atoms with van der Waals surface area (Å²) in [6.07, 6.45) is 11.6. The number of benzene rings is 1. The van der Waals surface area contributed by atoms with E-state index in [1.807, 2.05) is 0 Å². The van der Waals surface area contributed by atoms with Crippen LogP contribution in [-0.4, -0.2) is 7.11 Å². The number of methoxy groups -OCH3 is 1. The molecule has 1 aromatic carbocycles. The van der Waals surface area contributed by atoms with Gasteiger partial charge in [-0.3, -0.25) is 0 Å². The highest BCUT2D eigenvalue weighted by molar-refractivity contribution is 5.41. The van der Waals surface area contributed by atoms with Crippen LogP contribution in [0, 0.1) is 17.3 Å². The quantitative estimate of drug-likeness (QED) is 0.670. The van der Waals surface area contributed by atoms with Crippen LogP contribution in [0.5, 0.6) is 5.75 Å². The summed E-state index contributed by atoms with van der Waals surface area (Å²) in [5, 5.41) is 0. The fourth-order valence-electron chi connectivity index (χ4n) is 5.11. The van der Waals surface area contributed by atoms with Crippen LogP contribution < -0.4 is 4.74 Å². The van der Waals surface area contributed by atoms with Crippen LogP contribution in [0.1, 0.15) is 49.7 Å². The van der Waals surface area contributed by atoms with Gasteiger partial charge in [-0.25, -0.2) is 0 Å². The second-order valence-corrected chi connectivity index (χ2v) is 7.22. The zero-order chi connectivity index (χ0) is 13.7. The summed E-state index contributed by atoms with van der Waals surface area (Å²) in [7, 11) is 1.77. The summed E-state index contributed by atoms with van der Waals surface area (Å²) in [4.78, 5) is 0. The van der Waals surface area contributed by atoms with Crippen molar-refractivity contribution in [3.63, 3.8) is 0 Å².